The Morgan fingerprint density at radius 1 is 1.36 bits per heavy atom. The van der Waals surface area contributed by atoms with Crippen LogP contribution in [0.4, 0.5) is 0 Å². The molecule has 0 aliphatic carbocycles. The van der Waals surface area contributed by atoms with Crippen LogP contribution >= 0.6 is 24.0 Å². The van der Waals surface area contributed by atoms with E-state index in [-0.39, 0.29) is 30.1 Å². The second kappa shape index (κ2) is 12.3. The van der Waals surface area contributed by atoms with Gasteiger partial charge in [-0.05, 0) is 44.2 Å². The van der Waals surface area contributed by atoms with Crippen LogP contribution < -0.4 is 10.6 Å². The molecule has 2 aromatic rings. The molecular formula is C21H33IN4O2. The molecule has 3 rings (SSSR count). The largest absolute Gasteiger partial charge is 0.379 e. The SMILES string of the molecule is CCNC(=NCCCOC1CCOC1)NCCc1c[nH]c2c(C)cccc12.I. The van der Waals surface area contributed by atoms with Crippen molar-refractivity contribution >= 4 is 40.8 Å². The molecule has 2 heterocycles. The van der Waals surface area contributed by atoms with E-state index in [9.17, 15) is 0 Å². The fourth-order valence-corrected chi connectivity index (χ4v) is 3.38. The second-order valence-electron chi connectivity index (χ2n) is 6.96. The van der Waals surface area contributed by atoms with Crippen molar-refractivity contribution in [3.05, 3.63) is 35.5 Å². The molecule has 1 aromatic heterocycles. The Hall–Kier alpha value is -1.32. The smallest absolute Gasteiger partial charge is 0.191 e. The van der Waals surface area contributed by atoms with E-state index in [1.165, 1.54) is 22.0 Å². The first-order valence-electron chi connectivity index (χ1n) is 10.0. The molecule has 3 N–H and O–H groups in total. The van der Waals surface area contributed by atoms with Crippen LogP contribution in [0.2, 0.25) is 0 Å². The van der Waals surface area contributed by atoms with Crippen molar-refractivity contribution in [1.29, 1.82) is 0 Å². The van der Waals surface area contributed by atoms with Crippen molar-refractivity contribution in [3.63, 3.8) is 0 Å². The maximum Gasteiger partial charge on any atom is 0.191 e. The van der Waals surface area contributed by atoms with Gasteiger partial charge >= 0.3 is 0 Å². The number of hydrogen-bond donors (Lipinski definition) is 3. The molecule has 0 bridgehead atoms. The van der Waals surface area contributed by atoms with Crippen LogP contribution in [0, 0.1) is 6.92 Å². The van der Waals surface area contributed by atoms with Gasteiger partial charge in [-0.25, -0.2) is 0 Å². The summed E-state index contributed by atoms with van der Waals surface area (Å²) in [6.07, 6.45) is 5.29. The lowest BCUT2D eigenvalue weighted by molar-refractivity contribution is 0.0424. The maximum atomic E-state index is 5.79. The van der Waals surface area contributed by atoms with E-state index in [1.54, 1.807) is 0 Å². The molecule has 0 radical (unpaired) electrons. The van der Waals surface area contributed by atoms with Gasteiger partial charge in [0.05, 0.1) is 12.7 Å². The molecule has 6 nitrogen and oxygen atoms in total. The highest BCUT2D eigenvalue weighted by Gasteiger charge is 2.15. The van der Waals surface area contributed by atoms with Crippen LogP contribution in [0.25, 0.3) is 10.9 Å². The monoisotopic (exact) mass is 500 g/mol. The number of fused-ring (bicyclic) bond motifs is 1. The van der Waals surface area contributed by atoms with E-state index >= 15 is 0 Å². The van der Waals surface area contributed by atoms with Gasteiger partial charge in [0.15, 0.2) is 5.96 Å². The van der Waals surface area contributed by atoms with Crippen molar-refractivity contribution in [2.75, 3.05) is 39.5 Å². The quantitative estimate of drug-likeness (QED) is 0.214. The van der Waals surface area contributed by atoms with Gasteiger partial charge in [0, 0.05) is 49.9 Å². The van der Waals surface area contributed by atoms with Crippen LogP contribution in [0.1, 0.15) is 30.9 Å². The topological polar surface area (TPSA) is 70.7 Å². The number of halogens is 1. The summed E-state index contributed by atoms with van der Waals surface area (Å²) in [5.41, 5.74) is 3.86. The zero-order valence-corrected chi connectivity index (χ0v) is 19.3. The first-order chi connectivity index (χ1) is 13.3. The Balaban J connectivity index is 0.00000280. The maximum absolute atomic E-state index is 5.79. The predicted octanol–water partition coefficient (Wildman–Crippen LogP) is 3.39. The molecule has 1 aliphatic rings. The molecule has 28 heavy (non-hydrogen) atoms. The number of hydrogen-bond acceptors (Lipinski definition) is 3. The Morgan fingerprint density at radius 3 is 3.04 bits per heavy atom. The molecule has 0 amide bonds. The summed E-state index contributed by atoms with van der Waals surface area (Å²) >= 11 is 0. The van der Waals surface area contributed by atoms with Gasteiger partial charge in [-0.1, -0.05) is 18.2 Å². The fraction of sp³-hybridized carbons (Fsp3) is 0.571. The lowest BCUT2D eigenvalue weighted by Gasteiger charge is -2.12. The van der Waals surface area contributed by atoms with Gasteiger partial charge in [0.2, 0.25) is 0 Å². The van der Waals surface area contributed by atoms with Gasteiger partial charge in [-0.15, -0.1) is 24.0 Å². The van der Waals surface area contributed by atoms with Gasteiger partial charge in [-0.3, -0.25) is 4.99 Å². The number of aromatic nitrogens is 1. The number of nitrogens with one attached hydrogen (secondary N) is 3. The summed E-state index contributed by atoms with van der Waals surface area (Å²) in [6.45, 7) is 8.99. The number of H-pyrrole nitrogens is 1. The third-order valence-corrected chi connectivity index (χ3v) is 4.85. The standard InChI is InChI=1S/C21H32N4O2.HI/c1-3-22-21(23-10-5-12-27-18-9-13-26-15-18)24-11-8-17-14-25-20-16(2)6-4-7-19(17)20;/h4,6-7,14,18,25H,3,5,8-13,15H2,1-2H3,(H2,22,23,24);1H. The third kappa shape index (κ3) is 6.63. The van der Waals surface area contributed by atoms with E-state index in [2.05, 4.69) is 58.9 Å². The molecule has 1 unspecified atom stereocenters. The number of rotatable bonds is 9. The summed E-state index contributed by atoms with van der Waals surface area (Å²) in [5.74, 6) is 0.873. The highest BCUT2D eigenvalue weighted by Crippen LogP contribution is 2.21. The second-order valence-corrected chi connectivity index (χ2v) is 6.96. The molecule has 1 atom stereocenters. The zero-order chi connectivity index (χ0) is 18.9. The van der Waals surface area contributed by atoms with E-state index in [0.29, 0.717) is 0 Å². The number of aryl methyl sites for hydroxylation is 1. The molecular weight excluding hydrogens is 467 g/mol. The van der Waals surface area contributed by atoms with Crippen molar-refractivity contribution in [2.24, 2.45) is 4.99 Å². The predicted molar refractivity (Wildman–Crippen MR) is 126 cm³/mol. The van der Waals surface area contributed by atoms with Gasteiger partial charge in [0.25, 0.3) is 0 Å². The first-order valence-corrected chi connectivity index (χ1v) is 10.0. The van der Waals surface area contributed by atoms with Crippen LogP contribution in [0.5, 0.6) is 0 Å². The van der Waals surface area contributed by atoms with Crippen LogP contribution in [-0.2, 0) is 15.9 Å². The molecule has 0 saturated carbocycles. The summed E-state index contributed by atoms with van der Waals surface area (Å²) in [4.78, 5) is 8.04. The van der Waals surface area contributed by atoms with Crippen LogP contribution in [-0.4, -0.2) is 56.5 Å². The summed E-state index contributed by atoms with van der Waals surface area (Å²) in [7, 11) is 0. The van der Waals surface area contributed by atoms with Gasteiger partial charge < -0.3 is 25.1 Å². The average molecular weight is 500 g/mol. The summed E-state index contributed by atoms with van der Waals surface area (Å²) < 4.78 is 11.1. The average Bonchev–Trinajstić information content (AvgIpc) is 3.32. The first kappa shape index (κ1) is 23.0. The number of para-hydroxylation sites is 1. The molecule has 1 fully saturated rings. The van der Waals surface area contributed by atoms with Gasteiger partial charge in [0.1, 0.15) is 0 Å². The van der Waals surface area contributed by atoms with Crippen molar-refractivity contribution in [1.82, 2.24) is 15.6 Å². The lowest BCUT2D eigenvalue weighted by atomic mass is 10.1. The minimum Gasteiger partial charge on any atom is -0.379 e. The van der Waals surface area contributed by atoms with Crippen molar-refractivity contribution in [2.45, 2.75) is 39.2 Å². The molecule has 1 aromatic carbocycles. The van der Waals surface area contributed by atoms with E-state index < -0.39 is 0 Å². The Morgan fingerprint density at radius 2 is 2.25 bits per heavy atom. The third-order valence-electron chi connectivity index (χ3n) is 4.85. The molecule has 7 heteroatoms. The van der Waals surface area contributed by atoms with E-state index in [0.717, 1.165) is 64.7 Å². The minimum atomic E-state index is 0. The van der Waals surface area contributed by atoms with E-state index in [1.807, 2.05) is 0 Å². The van der Waals surface area contributed by atoms with E-state index in [4.69, 9.17) is 9.47 Å². The number of ether oxygens (including phenoxy) is 2. The Bertz CT molecular complexity index is 741. The summed E-state index contributed by atoms with van der Waals surface area (Å²) in [5, 5.41) is 8.06. The molecule has 156 valence electrons. The number of benzene rings is 1. The van der Waals surface area contributed by atoms with Crippen molar-refractivity contribution in [3.8, 4) is 0 Å². The van der Waals surface area contributed by atoms with Crippen LogP contribution in [0.3, 0.4) is 0 Å². The normalized spacial score (nSPS) is 16.9. The lowest BCUT2D eigenvalue weighted by Crippen LogP contribution is -2.38. The fourth-order valence-electron chi connectivity index (χ4n) is 3.38. The highest BCUT2D eigenvalue weighted by molar-refractivity contribution is 14.0. The zero-order valence-electron chi connectivity index (χ0n) is 16.9. The van der Waals surface area contributed by atoms with Gasteiger partial charge in [-0.2, -0.15) is 0 Å². The number of guanidine groups is 1. The number of nitrogens with zero attached hydrogens (tertiary/aromatic N) is 1. The van der Waals surface area contributed by atoms with Crippen LogP contribution in [0.15, 0.2) is 29.4 Å². The number of aromatic amines is 1. The summed E-state index contributed by atoms with van der Waals surface area (Å²) in [6, 6.07) is 6.44. The minimum absolute atomic E-state index is 0. The Labute approximate surface area is 184 Å². The Kier molecular flexibility index (Phi) is 10.1. The highest BCUT2D eigenvalue weighted by atomic mass is 127. The molecule has 1 aliphatic heterocycles. The van der Waals surface area contributed by atoms with Crippen molar-refractivity contribution < 1.29 is 9.47 Å². The molecule has 1 saturated heterocycles. The molecule has 0 spiro atoms. The number of aliphatic imine (C=N–C) groups is 1.